The van der Waals surface area contributed by atoms with Gasteiger partial charge in [-0.1, -0.05) is 60.7 Å². The summed E-state index contributed by atoms with van der Waals surface area (Å²) < 4.78 is 5.60. The molecule has 3 atom stereocenters. The van der Waals surface area contributed by atoms with Crippen LogP contribution in [0.1, 0.15) is 23.3 Å². The van der Waals surface area contributed by atoms with Gasteiger partial charge in [0.1, 0.15) is 12.2 Å². The quantitative estimate of drug-likeness (QED) is 0.873. The summed E-state index contributed by atoms with van der Waals surface area (Å²) in [6.45, 7) is 1.90. The van der Waals surface area contributed by atoms with Crippen LogP contribution in [0.15, 0.2) is 60.7 Å². The van der Waals surface area contributed by atoms with Crippen LogP contribution in [0.3, 0.4) is 0 Å². The largest absolute Gasteiger partial charge is 0.386 e. The summed E-state index contributed by atoms with van der Waals surface area (Å²) in [6, 6.07) is 18.4. The molecule has 0 bridgehead atoms. The Morgan fingerprint density at radius 3 is 2.32 bits per heavy atom. The summed E-state index contributed by atoms with van der Waals surface area (Å²) >= 11 is 0. The lowest BCUT2D eigenvalue weighted by molar-refractivity contribution is -0.139. The highest BCUT2D eigenvalue weighted by Crippen LogP contribution is 2.29. The van der Waals surface area contributed by atoms with Gasteiger partial charge in [0, 0.05) is 13.1 Å². The zero-order valence-corrected chi connectivity index (χ0v) is 14.3. The van der Waals surface area contributed by atoms with Gasteiger partial charge in [0.25, 0.3) is 5.91 Å². The maximum atomic E-state index is 12.7. The van der Waals surface area contributed by atoms with E-state index in [1.165, 1.54) is 0 Å². The number of aliphatic hydroxyl groups excluding tert-OH is 1. The first kappa shape index (κ1) is 17.6. The molecule has 1 heterocycles. The highest BCUT2D eigenvalue weighted by Gasteiger charge is 2.30. The van der Waals surface area contributed by atoms with Crippen molar-refractivity contribution in [1.82, 2.24) is 10.2 Å². The molecule has 3 rings (SSSR count). The molecule has 1 fully saturated rings. The summed E-state index contributed by atoms with van der Waals surface area (Å²) in [5.41, 5.74) is 1.62. The highest BCUT2D eigenvalue weighted by molar-refractivity contribution is 5.81. The lowest BCUT2D eigenvalue weighted by Crippen LogP contribution is -2.49. The molecule has 1 aliphatic rings. The van der Waals surface area contributed by atoms with Crippen LogP contribution >= 0.6 is 0 Å². The van der Waals surface area contributed by atoms with E-state index in [0.29, 0.717) is 13.2 Å². The Labute approximate surface area is 148 Å². The number of hydrogen-bond acceptors (Lipinski definition) is 4. The van der Waals surface area contributed by atoms with Gasteiger partial charge >= 0.3 is 0 Å². The molecule has 2 N–H and O–H groups in total. The second-order valence-corrected chi connectivity index (χ2v) is 6.37. The molecule has 0 spiro atoms. The first-order valence-corrected chi connectivity index (χ1v) is 8.53. The van der Waals surface area contributed by atoms with Crippen molar-refractivity contribution in [3.8, 4) is 0 Å². The monoisotopic (exact) mass is 340 g/mol. The molecule has 25 heavy (non-hydrogen) atoms. The average Bonchev–Trinajstić information content (AvgIpc) is 2.67. The third-order valence-electron chi connectivity index (χ3n) is 4.48. The topological polar surface area (TPSA) is 61.8 Å². The van der Waals surface area contributed by atoms with Gasteiger partial charge in [-0.15, -0.1) is 0 Å². The Hall–Kier alpha value is -2.21. The van der Waals surface area contributed by atoms with Crippen molar-refractivity contribution >= 4 is 5.91 Å². The number of nitrogens with zero attached hydrogens (tertiary/aromatic N) is 1. The van der Waals surface area contributed by atoms with Gasteiger partial charge in [-0.3, -0.25) is 4.79 Å². The molecule has 0 aromatic heterocycles. The van der Waals surface area contributed by atoms with Crippen LogP contribution in [0.5, 0.6) is 0 Å². The molecular weight excluding hydrogens is 316 g/mol. The Bertz CT molecular complexity index is 678. The summed E-state index contributed by atoms with van der Waals surface area (Å²) in [4.78, 5) is 14.8. The zero-order valence-electron chi connectivity index (χ0n) is 14.3. The molecule has 0 aliphatic carbocycles. The van der Waals surface area contributed by atoms with E-state index in [9.17, 15) is 9.90 Å². The standard InChI is InChI=1S/C20H24N2O3/c1-22-12-13-25-17(14-22)20(24)21-18(15-8-4-2-5-9-15)19(23)16-10-6-3-7-11-16/h2-11,17-19,23H,12-14H2,1H3,(H,21,24)/t17?,18-,19+/m0/s1. The number of morpholine rings is 1. The maximum Gasteiger partial charge on any atom is 0.251 e. The van der Waals surface area contributed by atoms with Crippen LogP contribution in [0, 0.1) is 0 Å². The molecule has 5 heteroatoms. The number of likely N-dealkylation sites (N-methyl/N-ethyl adjacent to an activating group) is 1. The first-order valence-electron chi connectivity index (χ1n) is 8.53. The number of hydrogen-bond donors (Lipinski definition) is 2. The van der Waals surface area contributed by atoms with Gasteiger partial charge in [0.15, 0.2) is 0 Å². The number of carbonyl (C=O) groups excluding carboxylic acids is 1. The van der Waals surface area contributed by atoms with Crippen LogP contribution < -0.4 is 5.32 Å². The van der Waals surface area contributed by atoms with Gasteiger partial charge in [-0.25, -0.2) is 0 Å². The second kappa shape index (κ2) is 8.25. The predicted molar refractivity (Wildman–Crippen MR) is 96.0 cm³/mol. The molecule has 1 aliphatic heterocycles. The van der Waals surface area contributed by atoms with Crippen molar-refractivity contribution in [3.63, 3.8) is 0 Å². The van der Waals surface area contributed by atoms with E-state index in [1.807, 2.05) is 67.7 Å². The number of carbonyl (C=O) groups is 1. The number of ether oxygens (including phenoxy) is 1. The van der Waals surface area contributed by atoms with Gasteiger partial charge in [-0.2, -0.15) is 0 Å². The van der Waals surface area contributed by atoms with Gasteiger partial charge in [0.2, 0.25) is 0 Å². The third kappa shape index (κ3) is 4.45. The van der Waals surface area contributed by atoms with Crippen molar-refractivity contribution in [2.45, 2.75) is 18.2 Å². The van der Waals surface area contributed by atoms with E-state index < -0.39 is 18.2 Å². The first-order chi connectivity index (χ1) is 12.1. The number of amides is 1. The molecule has 1 amide bonds. The lowest BCUT2D eigenvalue weighted by Gasteiger charge is -2.32. The van der Waals surface area contributed by atoms with Gasteiger partial charge < -0.3 is 20.1 Å². The minimum absolute atomic E-state index is 0.199. The van der Waals surface area contributed by atoms with Crippen molar-refractivity contribution in [2.24, 2.45) is 0 Å². The van der Waals surface area contributed by atoms with E-state index in [2.05, 4.69) is 10.2 Å². The number of aliphatic hydroxyl groups is 1. The van der Waals surface area contributed by atoms with Crippen molar-refractivity contribution in [2.75, 3.05) is 26.7 Å². The number of rotatable bonds is 5. The van der Waals surface area contributed by atoms with Crippen LogP contribution in [0.4, 0.5) is 0 Å². The smallest absolute Gasteiger partial charge is 0.251 e. The van der Waals surface area contributed by atoms with Crippen LogP contribution in [-0.2, 0) is 9.53 Å². The number of nitrogens with one attached hydrogen (secondary N) is 1. The maximum absolute atomic E-state index is 12.7. The Balaban J connectivity index is 1.80. The van der Waals surface area contributed by atoms with E-state index in [0.717, 1.165) is 17.7 Å². The third-order valence-corrected chi connectivity index (χ3v) is 4.48. The Kier molecular flexibility index (Phi) is 5.81. The SMILES string of the molecule is CN1CCOC(C(=O)N[C@@H](c2ccccc2)[C@H](O)c2ccccc2)C1. The molecule has 2 aromatic rings. The second-order valence-electron chi connectivity index (χ2n) is 6.37. The lowest BCUT2D eigenvalue weighted by atomic mass is 9.95. The van der Waals surface area contributed by atoms with E-state index in [-0.39, 0.29) is 5.91 Å². The fraction of sp³-hybridized carbons (Fsp3) is 0.350. The summed E-state index contributed by atoms with van der Waals surface area (Å²) in [6.07, 6.45) is -1.36. The molecule has 0 radical (unpaired) electrons. The van der Waals surface area contributed by atoms with Gasteiger partial charge in [0.05, 0.1) is 12.6 Å². The normalized spacial score (nSPS) is 20.6. The minimum Gasteiger partial charge on any atom is -0.386 e. The van der Waals surface area contributed by atoms with Crippen molar-refractivity contribution in [1.29, 1.82) is 0 Å². The molecule has 1 saturated heterocycles. The molecule has 5 nitrogen and oxygen atoms in total. The van der Waals surface area contributed by atoms with Crippen LogP contribution in [-0.4, -0.2) is 48.8 Å². The fourth-order valence-corrected chi connectivity index (χ4v) is 3.03. The van der Waals surface area contributed by atoms with Crippen molar-refractivity contribution in [3.05, 3.63) is 71.8 Å². The van der Waals surface area contributed by atoms with E-state index in [1.54, 1.807) is 0 Å². The molecule has 2 aromatic carbocycles. The minimum atomic E-state index is -0.839. The average molecular weight is 340 g/mol. The van der Waals surface area contributed by atoms with E-state index in [4.69, 9.17) is 4.74 Å². The molecule has 132 valence electrons. The zero-order chi connectivity index (χ0) is 17.6. The summed E-state index contributed by atoms with van der Waals surface area (Å²) in [5.74, 6) is -0.199. The van der Waals surface area contributed by atoms with Gasteiger partial charge in [-0.05, 0) is 18.2 Å². The highest BCUT2D eigenvalue weighted by atomic mass is 16.5. The Morgan fingerprint density at radius 2 is 1.72 bits per heavy atom. The molecule has 1 unspecified atom stereocenters. The van der Waals surface area contributed by atoms with Crippen LogP contribution in [0.25, 0.3) is 0 Å². The van der Waals surface area contributed by atoms with Crippen LogP contribution in [0.2, 0.25) is 0 Å². The summed E-state index contributed by atoms with van der Waals surface area (Å²) in [7, 11) is 1.97. The van der Waals surface area contributed by atoms with E-state index >= 15 is 0 Å². The number of benzene rings is 2. The molecular formula is C20H24N2O3. The Morgan fingerprint density at radius 1 is 1.12 bits per heavy atom. The summed E-state index contributed by atoms with van der Waals surface area (Å²) in [5, 5.41) is 13.8. The molecule has 0 saturated carbocycles. The fourth-order valence-electron chi connectivity index (χ4n) is 3.03. The van der Waals surface area contributed by atoms with Crippen molar-refractivity contribution < 1.29 is 14.6 Å². The predicted octanol–water partition coefficient (Wildman–Crippen LogP) is 1.91.